The highest BCUT2D eigenvalue weighted by molar-refractivity contribution is 5.82. The summed E-state index contributed by atoms with van der Waals surface area (Å²) in [5, 5.41) is 9.84. The van der Waals surface area contributed by atoms with Gasteiger partial charge in [0.2, 0.25) is 5.91 Å². The first-order valence-electron chi connectivity index (χ1n) is 9.40. The van der Waals surface area contributed by atoms with Crippen LogP contribution in [0.15, 0.2) is 66.7 Å². The van der Waals surface area contributed by atoms with E-state index in [1.54, 1.807) is 4.90 Å². The molecule has 1 amide bonds. The number of aliphatic carboxylic acids is 1. The zero-order valence-electron chi connectivity index (χ0n) is 15.4. The topological polar surface area (TPSA) is 57.6 Å². The van der Waals surface area contributed by atoms with Gasteiger partial charge in [-0.2, -0.15) is 0 Å². The Bertz CT molecular complexity index is 791. The summed E-state index contributed by atoms with van der Waals surface area (Å²) in [6, 6.07) is 19.4. The molecule has 1 aliphatic heterocycles. The zero-order valence-corrected chi connectivity index (χ0v) is 15.4. The zero-order chi connectivity index (χ0) is 19.1. The van der Waals surface area contributed by atoms with Crippen molar-refractivity contribution in [3.63, 3.8) is 0 Å². The molecule has 0 spiro atoms. The maximum absolute atomic E-state index is 12.5. The minimum atomic E-state index is -0.884. The van der Waals surface area contributed by atoms with Crippen LogP contribution >= 0.6 is 0 Å². The summed E-state index contributed by atoms with van der Waals surface area (Å²) in [6.07, 6.45) is 6.09. The number of carboxylic acid groups (broad SMARTS) is 1. The number of carboxylic acids is 1. The smallest absolute Gasteiger partial charge is 0.314 e. The lowest BCUT2D eigenvalue weighted by Crippen LogP contribution is -2.49. The summed E-state index contributed by atoms with van der Waals surface area (Å²) in [7, 11) is 0. The average Bonchev–Trinajstić information content (AvgIpc) is 2.72. The van der Waals surface area contributed by atoms with Crippen molar-refractivity contribution in [1.29, 1.82) is 0 Å². The van der Waals surface area contributed by atoms with Gasteiger partial charge in [-0.25, -0.2) is 0 Å². The fourth-order valence-corrected chi connectivity index (χ4v) is 3.67. The van der Waals surface area contributed by atoms with Gasteiger partial charge < -0.3 is 10.0 Å². The Morgan fingerprint density at radius 1 is 0.963 bits per heavy atom. The molecule has 0 unspecified atom stereocenters. The van der Waals surface area contributed by atoms with E-state index in [9.17, 15) is 14.7 Å². The second-order valence-corrected chi connectivity index (χ2v) is 6.99. The van der Waals surface area contributed by atoms with Crippen LogP contribution < -0.4 is 0 Å². The minimum Gasteiger partial charge on any atom is -0.481 e. The fraction of sp³-hybridized carbons (Fsp3) is 0.304. The van der Waals surface area contributed by atoms with E-state index in [-0.39, 0.29) is 5.91 Å². The highest BCUT2D eigenvalue weighted by Gasteiger charge is 2.43. The predicted octanol–water partition coefficient (Wildman–Crippen LogP) is 4.13. The third kappa shape index (κ3) is 4.45. The van der Waals surface area contributed by atoms with Gasteiger partial charge in [0.15, 0.2) is 0 Å². The van der Waals surface area contributed by atoms with Crippen molar-refractivity contribution >= 4 is 18.0 Å². The van der Waals surface area contributed by atoms with Crippen molar-refractivity contribution in [3.05, 3.63) is 77.9 Å². The van der Waals surface area contributed by atoms with Gasteiger partial charge in [-0.3, -0.25) is 9.59 Å². The average molecular weight is 363 g/mol. The molecule has 3 rings (SSSR count). The van der Waals surface area contributed by atoms with E-state index in [1.807, 2.05) is 72.8 Å². The summed E-state index contributed by atoms with van der Waals surface area (Å²) in [5.41, 5.74) is 1.07. The Morgan fingerprint density at radius 3 is 2.15 bits per heavy atom. The van der Waals surface area contributed by atoms with E-state index in [0.717, 1.165) is 11.1 Å². The number of hydrogen-bond acceptors (Lipinski definition) is 2. The number of nitrogens with zero attached hydrogens (tertiary/aromatic N) is 1. The quantitative estimate of drug-likeness (QED) is 0.840. The van der Waals surface area contributed by atoms with Crippen LogP contribution in [-0.2, 0) is 15.0 Å². The monoisotopic (exact) mass is 363 g/mol. The van der Waals surface area contributed by atoms with E-state index < -0.39 is 11.4 Å². The molecular weight excluding hydrogens is 338 g/mol. The van der Waals surface area contributed by atoms with Crippen LogP contribution in [0.5, 0.6) is 0 Å². The van der Waals surface area contributed by atoms with Crippen LogP contribution in [0.4, 0.5) is 0 Å². The molecule has 0 aromatic heterocycles. The standard InChI is InChI=1S/C23H25NO3/c25-21(14-8-7-11-19-9-3-1-4-10-19)24-17-15-23(16-18-24,22(26)27)20-12-5-2-6-13-20/h1-7,9-13H,8,14-18H2,(H,26,27)/b11-7+. The summed E-state index contributed by atoms with van der Waals surface area (Å²) in [6.45, 7) is 0.977. The van der Waals surface area contributed by atoms with Gasteiger partial charge in [0.1, 0.15) is 0 Å². The van der Waals surface area contributed by atoms with Gasteiger partial charge in [-0.1, -0.05) is 72.8 Å². The van der Waals surface area contributed by atoms with Gasteiger partial charge in [0.25, 0.3) is 0 Å². The molecule has 1 aliphatic rings. The lowest BCUT2D eigenvalue weighted by molar-refractivity contribution is -0.148. The van der Waals surface area contributed by atoms with Gasteiger partial charge in [0.05, 0.1) is 5.41 Å². The van der Waals surface area contributed by atoms with Crippen LogP contribution in [0.2, 0.25) is 0 Å². The number of likely N-dealkylation sites (tertiary alicyclic amines) is 1. The number of amides is 1. The number of carbonyl (C=O) groups excluding carboxylic acids is 1. The maximum Gasteiger partial charge on any atom is 0.314 e. The molecule has 4 nitrogen and oxygen atoms in total. The molecule has 0 atom stereocenters. The molecule has 4 heteroatoms. The molecule has 0 radical (unpaired) electrons. The first kappa shape index (κ1) is 18.9. The Balaban J connectivity index is 1.54. The lowest BCUT2D eigenvalue weighted by atomic mass is 9.73. The summed E-state index contributed by atoms with van der Waals surface area (Å²) < 4.78 is 0. The van der Waals surface area contributed by atoms with Crippen LogP contribution in [-0.4, -0.2) is 35.0 Å². The highest BCUT2D eigenvalue weighted by Crippen LogP contribution is 2.36. The van der Waals surface area contributed by atoms with Crippen LogP contribution in [0.1, 0.15) is 36.8 Å². The maximum atomic E-state index is 12.5. The number of piperidine rings is 1. The molecule has 1 saturated heterocycles. The predicted molar refractivity (Wildman–Crippen MR) is 106 cm³/mol. The summed E-state index contributed by atoms with van der Waals surface area (Å²) in [5.74, 6) is -0.702. The molecule has 0 bridgehead atoms. The molecular formula is C23H25NO3. The summed E-state index contributed by atoms with van der Waals surface area (Å²) >= 11 is 0. The molecule has 0 saturated carbocycles. The molecule has 0 aliphatic carbocycles. The van der Waals surface area contributed by atoms with Crippen molar-refractivity contribution in [1.82, 2.24) is 4.90 Å². The normalized spacial score (nSPS) is 16.4. The van der Waals surface area contributed by atoms with Crippen LogP contribution in [0.25, 0.3) is 6.08 Å². The number of allylic oxidation sites excluding steroid dienone is 1. The summed E-state index contributed by atoms with van der Waals surface area (Å²) in [4.78, 5) is 26.3. The van der Waals surface area contributed by atoms with E-state index >= 15 is 0 Å². The second kappa shape index (κ2) is 8.67. The molecule has 140 valence electrons. The van der Waals surface area contributed by atoms with Crippen LogP contribution in [0, 0.1) is 0 Å². The molecule has 2 aromatic carbocycles. The highest BCUT2D eigenvalue weighted by atomic mass is 16.4. The Hall–Kier alpha value is -2.88. The molecule has 1 heterocycles. The van der Waals surface area contributed by atoms with E-state index in [0.29, 0.717) is 38.8 Å². The number of hydrogen-bond donors (Lipinski definition) is 1. The third-order valence-electron chi connectivity index (χ3n) is 5.34. The van der Waals surface area contributed by atoms with E-state index in [1.165, 1.54) is 0 Å². The lowest BCUT2D eigenvalue weighted by Gasteiger charge is -2.39. The van der Waals surface area contributed by atoms with Crippen molar-refractivity contribution in [2.75, 3.05) is 13.1 Å². The van der Waals surface area contributed by atoms with Gasteiger partial charge in [-0.15, -0.1) is 0 Å². The molecule has 2 aromatic rings. The van der Waals surface area contributed by atoms with Crippen molar-refractivity contribution in [2.45, 2.75) is 31.1 Å². The fourth-order valence-electron chi connectivity index (χ4n) is 3.67. The number of rotatable bonds is 6. The first-order valence-corrected chi connectivity index (χ1v) is 9.40. The van der Waals surface area contributed by atoms with Gasteiger partial charge >= 0.3 is 5.97 Å². The minimum absolute atomic E-state index is 0.0970. The van der Waals surface area contributed by atoms with E-state index in [2.05, 4.69) is 0 Å². The van der Waals surface area contributed by atoms with Gasteiger partial charge in [-0.05, 0) is 30.4 Å². The Kier molecular flexibility index (Phi) is 6.07. The second-order valence-electron chi connectivity index (χ2n) is 6.99. The largest absolute Gasteiger partial charge is 0.481 e. The molecule has 27 heavy (non-hydrogen) atoms. The van der Waals surface area contributed by atoms with Crippen LogP contribution in [0.3, 0.4) is 0 Å². The Morgan fingerprint density at radius 2 is 1.56 bits per heavy atom. The number of benzene rings is 2. The molecule has 1 fully saturated rings. The number of carbonyl (C=O) groups is 2. The SMILES string of the molecule is O=C(CC/C=C/c1ccccc1)N1CCC(C(=O)O)(c2ccccc2)CC1. The Labute approximate surface area is 160 Å². The van der Waals surface area contributed by atoms with Gasteiger partial charge in [0, 0.05) is 19.5 Å². The van der Waals surface area contributed by atoms with Crippen molar-refractivity contribution in [3.8, 4) is 0 Å². The first-order chi connectivity index (χ1) is 13.1. The molecule has 1 N–H and O–H groups in total. The third-order valence-corrected chi connectivity index (χ3v) is 5.34. The van der Waals surface area contributed by atoms with E-state index in [4.69, 9.17) is 0 Å². The van der Waals surface area contributed by atoms with Crippen molar-refractivity contribution in [2.24, 2.45) is 0 Å². The van der Waals surface area contributed by atoms with Crippen molar-refractivity contribution < 1.29 is 14.7 Å².